The lowest BCUT2D eigenvalue weighted by atomic mass is 9.90. The standard InChI is InChI=1S/C29H27ClN6O2/c1-17-12-18(2)24-21(13-17)28(38)35-27(33-24)22(15-31)26(37)25-23(30)16-32-29(34-25)36-10-8-20(9-11-36)14-19-6-4-3-5-7-19/h3-7,12-13,16,20,22H,8-11,14H2,1-2H3,(H,33,35,38)/t22-/m0/s1. The van der Waals surface area contributed by atoms with Crippen molar-refractivity contribution in [1.29, 1.82) is 5.26 Å². The quantitative estimate of drug-likeness (QED) is 0.354. The Labute approximate surface area is 225 Å². The van der Waals surface area contributed by atoms with Gasteiger partial charge in [0.05, 0.1) is 28.2 Å². The normalized spacial score (nSPS) is 14.8. The van der Waals surface area contributed by atoms with E-state index in [0.717, 1.165) is 43.5 Å². The lowest BCUT2D eigenvalue weighted by molar-refractivity contribution is 0.0971. The molecular weight excluding hydrogens is 500 g/mol. The molecule has 8 nitrogen and oxygen atoms in total. The van der Waals surface area contributed by atoms with Crippen molar-refractivity contribution in [1.82, 2.24) is 19.9 Å². The number of hydrogen-bond donors (Lipinski definition) is 1. The summed E-state index contributed by atoms with van der Waals surface area (Å²) >= 11 is 6.33. The molecular formula is C29H27ClN6O2. The highest BCUT2D eigenvalue weighted by atomic mass is 35.5. The largest absolute Gasteiger partial charge is 0.341 e. The summed E-state index contributed by atoms with van der Waals surface area (Å²) < 4.78 is 0. The van der Waals surface area contributed by atoms with Crippen molar-refractivity contribution in [3.05, 3.63) is 92.2 Å². The van der Waals surface area contributed by atoms with E-state index in [1.807, 2.05) is 36.9 Å². The first-order valence-corrected chi connectivity index (χ1v) is 13.0. The van der Waals surface area contributed by atoms with Gasteiger partial charge in [-0.3, -0.25) is 9.59 Å². The molecule has 1 N–H and O–H groups in total. The number of piperidine rings is 1. The van der Waals surface area contributed by atoms with Gasteiger partial charge < -0.3 is 9.88 Å². The number of halogens is 1. The van der Waals surface area contributed by atoms with Gasteiger partial charge in [-0.05, 0) is 61.8 Å². The van der Waals surface area contributed by atoms with Gasteiger partial charge in [0.15, 0.2) is 5.92 Å². The summed E-state index contributed by atoms with van der Waals surface area (Å²) in [5, 5.41) is 10.4. The lowest BCUT2D eigenvalue weighted by Crippen LogP contribution is -2.35. The van der Waals surface area contributed by atoms with E-state index in [0.29, 0.717) is 22.8 Å². The summed E-state index contributed by atoms with van der Waals surface area (Å²) in [6, 6.07) is 16.1. The number of nitrogens with zero attached hydrogens (tertiary/aromatic N) is 5. The van der Waals surface area contributed by atoms with E-state index >= 15 is 0 Å². The van der Waals surface area contributed by atoms with E-state index in [-0.39, 0.29) is 16.5 Å². The molecule has 192 valence electrons. The third-order valence-corrected chi connectivity index (χ3v) is 7.33. The van der Waals surface area contributed by atoms with Crippen molar-refractivity contribution < 1.29 is 4.79 Å². The summed E-state index contributed by atoms with van der Waals surface area (Å²) in [7, 11) is 0. The SMILES string of the molecule is Cc1cc(C)c2nc([C@@H](C#N)C(=O)c3nc(N4CCC(Cc5ccccc5)CC4)ncc3Cl)[nH]c(=O)c2c1. The summed E-state index contributed by atoms with van der Waals surface area (Å²) in [5.41, 5.74) is 3.03. The van der Waals surface area contributed by atoms with Crippen LogP contribution in [0.15, 0.2) is 53.5 Å². The van der Waals surface area contributed by atoms with E-state index in [1.165, 1.54) is 11.8 Å². The van der Waals surface area contributed by atoms with Crippen LogP contribution in [-0.2, 0) is 6.42 Å². The number of carbonyl (C=O) groups excluding carboxylic acids is 1. The van der Waals surface area contributed by atoms with Crippen LogP contribution in [0, 0.1) is 31.1 Å². The maximum absolute atomic E-state index is 13.5. The Morgan fingerprint density at radius 2 is 1.92 bits per heavy atom. The number of anilines is 1. The molecule has 1 atom stereocenters. The number of Topliss-reactive ketones (excluding diaryl/α,β-unsaturated/α-hetero) is 1. The van der Waals surface area contributed by atoms with Crippen LogP contribution < -0.4 is 10.5 Å². The molecule has 4 aromatic rings. The molecule has 2 aromatic heterocycles. The predicted molar refractivity (Wildman–Crippen MR) is 147 cm³/mol. The fourth-order valence-corrected chi connectivity index (χ4v) is 5.28. The fourth-order valence-electron chi connectivity index (χ4n) is 5.10. The van der Waals surface area contributed by atoms with Crippen molar-refractivity contribution in [3.63, 3.8) is 0 Å². The number of aromatic amines is 1. The van der Waals surface area contributed by atoms with Gasteiger partial charge in [0.1, 0.15) is 11.5 Å². The van der Waals surface area contributed by atoms with Crippen molar-refractivity contribution in [3.8, 4) is 6.07 Å². The number of rotatable bonds is 6. The second-order valence-corrected chi connectivity index (χ2v) is 10.2. The number of H-pyrrole nitrogens is 1. The van der Waals surface area contributed by atoms with Crippen LogP contribution in [0.2, 0.25) is 5.02 Å². The van der Waals surface area contributed by atoms with Gasteiger partial charge in [0.25, 0.3) is 5.56 Å². The van der Waals surface area contributed by atoms with Crippen molar-refractivity contribution in [2.75, 3.05) is 18.0 Å². The van der Waals surface area contributed by atoms with E-state index in [2.05, 4.69) is 44.2 Å². The molecule has 0 radical (unpaired) electrons. The van der Waals surface area contributed by atoms with E-state index in [1.54, 1.807) is 6.07 Å². The molecule has 38 heavy (non-hydrogen) atoms. The van der Waals surface area contributed by atoms with Crippen LogP contribution in [0.1, 0.15) is 51.8 Å². The maximum atomic E-state index is 13.5. The molecule has 0 spiro atoms. The minimum atomic E-state index is -1.37. The molecule has 1 fully saturated rings. The van der Waals surface area contributed by atoms with E-state index < -0.39 is 17.3 Å². The molecule has 0 bridgehead atoms. The van der Waals surface area contributed by atoms with Crippen LogP contribution in [0.5, 0.6) is 0 Å². The predicted octanol–water partition coefficient (Wildman–Crippen LogP) is 4.93. The van der Waals surface area contributed by atoms with Gasteiger partial charge in [-0.1, -0.05) is 48.0 Å². The molecule has 0 unspecified atom stereocenters. The van der Waals surface area contributed by atoms with Crippen LogP contribution in [-0.4, -0.2) is 38.8 Å². The zero-order valence-electron chi connectivity index (χ0n) is 21.2. The number of fused-ring (bicyclic) bond motifs is 1. The summed E-state index contributed by atoms with van der Waals surface area (Å²) in [6.07, 6.45) is 4.38. The number of benzene rings is 2. The fraction of sp³-hybridized carbons (Fsp3) is 0.310. The third kappa shape index (κ3) is 5.15. The molecule has 1 saturated heterocycles. The molecule has 9 heteroatoms. The Morgan fingerprint density at radius 1 is 1.18 bits per heavy atom. The molecule has 1 aliphatic rings. The maximum Gasteiger partial charge on any atom is 0.258 e. The molecule has 1 aliphatic heterocycles. The van der Waals surface area contributed by atoms with Gasteiger partial charge in [0.2, 0.25) is 11.7 Å². The second kappa shape index (κ2) is 10.7. The van der Waals surface area contributed by atoms with Gasteiger partial charge in [0, 0.05) is 13.1 Å². The van der Waals surface area contributed by atoms with Gasteiger partial charge in [-0.15, -0.1) is 0 Å². The lowest BCUT2D eigenvalue weighted by Gasteiger charge is -2.32. The molecule has 0 aliphatic carbocycles. The van der Waals surface area contributed by atoms with Crippen LogP contribution >= 0.6 is 11.6 Å². The van der Waals surface area contributed by atoms with E-state index in [9.17, 15) is 14.9 Å². The van der Waals surface area contributed by atoms with Gasteiger partial charge in [-0.2, -0.15) is 5.26 Å². The monoisotopic (exact) mass is 526 g/mol. The smallest absolute Gasteiger partial charge is 0.258 e. The molecule has 0 saturated carbocycles. The Kier molecular flexibility index (Phi) is 7.21. The number of aryl methyl sites for hydroxylation is 2. The molecule has 5 rings (SSSR count). The average molecular weight is 527 g/mol. The van der Waals surface area contributed by atoms with E-state index in [4.69, 9.17) is 11.6 Å². The van der Waals surface area contributed by atoms with Crippen LogP contribution in [0.4, 0.5) is 5.95 Å². The number of nitriles is 1. The first kappa shape index (κ1) is 25.6. The highest BCUT2D eigenvalue weighted by Crippen LogP contribution is 2.27. The summed E-state index contributed by atoms with van der Waals surface area (Å²) in [4.78, 5) is 44.3. The summed E-state index contributed by atoms with van der Waals surface area (Å²) in [6.45, 7) is 5.24. The highest BCUT2D eigenvalue weighted by molar-refractivity contribution is 6.33. The number of nitrogens with one attached hydrogen (secondary N) is 1. The second-order valence-electron chi connectivity index (χ2n) is 9.84. The third-order valence-electron chi connectivity index (χ3n) is 7.06. The number of hydrogen-bond acceptors (Lipinski definition) is 7. The molecule has 2 aromatic carbocycles. The van der Waals surface area contributed by atoms with Crippen LogP contribution in [0.3, 0.4) is 0 Å². The Balaban J connectivity index is 1.38. The first-order chi connectivity index (χ1) is 18.3. The van der Waals surface area contributed by atoms with Crippen molar-refractivity contribution >= 4 is 34.2 Å². The Morgan fingerprint density at radius 3 is 2.63 bits per heavy atom. The highest BCUT2D eigenvalue weighted by Gasteiger charge is 2.30. The molecule has 3 heterocycles. The number of carbonyl (C=O) groups is 1. The van der Waals surface area contributed by atoms with Crippen molar-refractivity contribution in [2.24, 2.45) is 5.92 Å². The topological polar surface area (TPSA) is 116 Å². The van der Waals surface area contributed by atoms with Gasteiger partial charge >= 0.3 is 0 Å². The van der Waals surface area contributed by atoms with Crippen LogP contribution in [0.25, 0.3) is 10.9 Å². The van der Waals surface area contributed by atoms with Gasteiger partial charge in [-0.25, -0.2) is 15.0 Å². The zero-order chi connectivity index (χ0) is 26.8. The number of ketones is 1. The first-order valence-electron chi connectivity index (χ1n) is 12.6. The van der Waals surface area contributed by atoms with Crippen molar-refractivity contribution in [2.45, 2.75) is 39.0 Å². The zero-order valence-corrected chi connectivity index (χ0v) is 22.0. The minimum Gasteiger partial charge on any atom is -0.341 e. The summed E-state index contributed by atoms with van der Waals surface area (Å²) in [5.74, 6) is -1.07. The Bertz CT molecular complexity index is 1600. The minimum absolute atomic E-state index is 0.0279. The number of aromatic nitrogens is 4. The average Bonchev–Trinajstić information content (AvgIpc) is 2.91. The molecule has 0 amide bonds. The Hall–Kier alpha value is -4.09.